The number of carbonyl (C=O) groups is 1. The molecule has 1 amide bonds. The Hall–Kier alpha value is -2.36. The molecule has 1 aliphatic carbocycles. The summed E-state index contributed by atoms with van der Waals surface area (Å²) in [6.45, 7) is 0.299. The maximum Gasteiger partial charge on any atom is 0.254 e. The Bertz CT molecular complexity index is 682. The fraction of sp³-hybridized carbons (Fsp3) is 0.278. The Labute approximate surface area is 129 Å². The number of hydrogen-bond acceptors (Lipinski definition) is 2. The van der Waals surface area contributed by atoms with Crippen LogP contribution in [-0.4, -0.2) is 24.0 Å². The van der Waals surface area contributed by atoms with Crippen LogP contribution in [0.3, 0.4) is 0 Å². The molecule has 1 fully saturated rings. The maximum atomic E-state index is 13.9. The molecule has 1 saturated carbocycles. The van der Waals surface area contributed by atoms with Crippen LogP contribution < -0.4 is 4.74 Å². The van der Waals surface area contributed by atoms with Crippen molar-refractivity contribution < 1.29 is 13.9 Å². The van der Waals surface area contributed by atoms with Gasteiger partial charge < -0.3 is 9.64 Å². The maximum absolute atomic E-state index is 13.9. The van der Waals surface area contributed by atoms with Crippen molar-refractivity contribution in [2.75, 3.05) is 7.11 Å². The standard InChI is InChI=1S/C18H18FNO2/c1-22-16-7-4-6-13(11-16)18(21)20(15-9-10-15)12-14-5-2-3-8-17(14)19/h2-8,11,15H,9-10,12H2,1H3. The number of nitrogens with zero attached hydrogens (tertiary/aromatic N) is 1. The Balaban J connectivity index is 1.84. The highest BCUT2D eigenvalue weighted by molar-refractivity contribution is 5.95. The zero-order valence-corrected chi connectivity index (χ0v) is 12.5. The van der Waals surface area contributed by atoms with Crippen LogP contribution in [-0.2, 0) is 6.54 Å². The minimum Gasteiger partial charge on any atom is -0.497 e. The smallest absolute Gasteiger partial charge is 0.254 e. The average molecular weight is 299 g/mol. The molecule has 0 bridgehead atoms. The third-order valence-corrected chi connectivity index (χ3v) is 3.86. The van der Waals surface area contributed by atoms with Crippen molar-refractivity contribution in [2.45, 2.75) is 25.4 Å². The van der Waals surface area contributed by atoms with Crippen molar-refractivity contribution >= 4 is 5.91 Å². The predicted molar refractivity (Wildman–Crippen MR) is 82.3 cm³/mol. The minimum atomic E-state index is -0.272. The van der Waals surface area contributed by atoms with Crippen LogP contribution in [0.15, 0.2) is 48.5 Å². The molecule has 0 unspecified atom stereocenters. The number of methoxy groups -OCH3 is 1. The van der Waals surface area contributed by atoms with Gasteiger partial charge in [-0.2, -0.15) is 0 Å². The van der Waals surface area contributed by atoms with E-state index >= 15 is 0 Å². The van der Waals surface area contributed by atoms with Gasteiger partial charge in [-0.25, -0.2) is 4.39 Å². The number of hydrogen-bond donors (Lipinski definition) is 0. The summed E-state index contributed by atoms with van der Waals surface area (Å²) in [5.74, 6) is 0.295. The summed E-state index contributed by atoms with van der Waals surface area (Å²) < 4.78 is 19.0. The summed E-state index contributed by atoms with van der Waals surface area (Å²) >= 11 is 0. The molecule has 114 valence electrons. The molecule has 0 spiro atoms. The van der Waals surface area contributed by atoms with Crippen LogP contribution >= 0.6 is 0 Å². The lowest BCUT2D eigenvalue weighted by molar-refractivity contribution is 0.0728. The van der Waals surface area contributed by atoms with Crippen LogP contribution in [0.1, 0.15) is 28.8 Å². The summed E-state index contributed by atoms with van der Waals surface area (Å²) in [5, 5.41) is 0. The third-order valence-electron chi connectivity index (χ3n) is 3.86. The van der Waals surface area contributed by atoms with Gasteiger partial charge in [0.15, 0.2) is 0 Å². The van der Waals surface area contributed by atoms with Crippen LogP contribution in [0.5, 0.6) is 5.75 Å². The van der Waals surface area contributed by atoms with Crippen LogP contribution in [0.25, 0.3) is 0 Å². The van der Waals surface area contributed by atoms with Crippen molar-refractivity contribution in [1.29, 1.82) is 0 Å². The lowest BCUT2D eigenvalue weighted by atomic mass is 10.1. The number of halogens is 1. The zero-order chi connectivity index (χ0) is 15.5. The van der Waals surface area contributed by atoms with Gasteiger partial charge in [-0.15, -0.1) is 0 Å². The molecule has 0 radical (unpaired) electrons. The normalized spacial score (nSPS) is 13.7. The van der Waals surface area contributed by atoms with Gasteiger partial charge in [0.05, 0.1) is 7.11 Å². The van der Waals surface area contributed by atoms with Gasteiger partial charge in [0.1, 0.15) is 11.6 Å². The third kappa shape index (κ3) is 3.11. The van der Waals surface area contributed by atoms with E-state index in [1.165, 1.54) is 6.07 Å². The van der Waals surface area contributed by atoms with Gasteiger partial charge in [0.2, 0.25) is 0 Å². The topological polar surface area (TPSA) is 29.5 Å². The van der Waals surface area contributed by atoms with Crippen LogP contribution in [0, 0.1) is 5.82 Å². The van der Waals surface area contributed by atoms with Gasteiger partial charge >= 0.3 is 0 Å². The molecule has 0 N–H and O–H groups in total. The largest absolute Gasteiger partial charge is 0.497 e. The number of carbonyl (C=O) groups excluding carboxylic acids is 1. The molecular weight excluding hydrogens is 281 g/mol. The highest BCUT2D eigenvalue weighted by Crippen LogP contribution is 2.30. The van der Waals surface area contributed by atoms with E-state index in [-0.39, 0.29) is 17.8 Å². The molecule has 3 nitrogen and oxygen atoms in total. The molecule has 22 heavy (non-hydrogen) atoms. The van der Waals surface area contributed by atoms with E-state index in [2.05, 4.69) is 0 Å². The van der Waals surface area contributed by atoms with E-state index in [0.717, 1.165) is 12.8 Å². The first-order chi connectivity index (χ1) is 10.7. The van der Waals surface area contributed by atoms with Gasteiger partial charge in [-0.05, 0) is 37.1 Å². The van der Waals surface area contributed by atoms with Gasteiger partial charge in [0, 0.05) is 23.7 Å². The van der Waals surface area contributed by atoms with Gasteiger partial charge in [0.25, 0.3) is 5.91 Å². The molecule has 3 rings (SSSR count). The molecular formula is C18H18FNO2. The second-order valence-electron chi connectivity index (χ2n) is 5.49. The lowest BCUT2D eigenvalue weighted by Gasteiger charge is -2.23. The first-order valence-corrected chi connectivity index (χ1v) is 7.37. The Morgan fingerprint density at radius 2 is 2.00 bits per heavy atom. The van der Waals surface area contributed by atoms with E-state index in [1.807, 2.05) is 0 Å². The summed E-state index contributed by atoms with van der Waals surface area (Å²) in [6.07, 6.45) is 1.95. The summed E-state index contributed by atoms with van der Waals surface area (Å²) in [7, 11) is 1.57. The Morgan fingerprint density at radius 3 is 2.68 bits per heavy atom. The lowest BCUT2D eigenvalue weighted by Crippen LogP contribution is -2.32. The monoisotopic (exact) mass is 299 g/mol. The van der Waals surface area contributed by atoms with Crippen molar-refractivity contribution in [3.63, 3.8) is 0 Å². The Morgan fingerprint density at radius 1 is 1.23 bits per heavy atom. The minimum absolute atomic E-state index is 0.0790. The highest BCUT2D eigenvalue weighted by atomic mass is 19.1. The van der Waals surface area contributed by atoms with Crippen LogP contribution in [0.4, 0.5) is 4.39 Å². The fourth-order valence-electron chi connectivity index (χ4n) is 2.49. The first kappa shape index (κ1) is 14.6. The van der Waals surface area contributed by atoms with E-state index < -0.39 is 0 Å². The van der Waals surface area contributed by atoms with Crippen molar-refractivity contribution in [2.24, 2.45) is 0 Å². The van der Waals surface area contributed by atoms with E-state index in [4.69, 9.17) is 4.74 Å². The molecule has 0 saturated heterocycles. The van der Waals surface area contributed by atoms with Gasteiger partial charge in [-0.3, -0.25) is 4.79 Å². The van der Waals surface area contributed by atoms with Crippen LogP contribution in [0.2, 0.25) is 0 Å². The predicted octanol–water partition coefficient (Wildman–Crippen LogP) is 3.64. The summed E-state index contributed by atoms with van der Waals surface area (Å²) in [4.78, 5) is 14.5. The van der Waals surface area contributed by atoms with Crippen molar-refractivity contribution in [1.82, 2.24) is 4.90 Å². The van der Waals surface area contributed by atoms with E-state index in [0.29, 0.717) is 23.4 Å². The molecule has 2 aromatic carbocycles. The van der Waals surface area contributed by atoms with Crippen molar-refractivity contribution in [3.8, 4) is 5.75 Å². The number of rotatable bonds is 5. The average Bonchev–Trinajstić information content (AvgIpc) is 3.38. The number of ether oxygens (including phenoxy) is 1. The zero-order valence-electron chi connectivity index (χ0n) is 12.5. The number of amides is 1. The second kappa shape index (κ2) is 6.18. The molecule has 1 aliphatic rings. The van der Waals surface area contributed by atoms with E-state index in [1.54, 1.807) is 54.5 Å². The molecule has 0 aliphatic heterocycles. The SMILES string of the molecule is COc1cccc(C(=O)N(Cc2ccccc2F)C2CC2)c1. The Kier molecular flexibility index (Phi) is 4.09. The fourth-order valence-corrected chi connectivity index (χ4v) is 2.49. The first-order valence-electron chi connectivity index (χ1n) is 7.37. The van der Waals surface area contributed by atoms with E-state index in [9.17, 15) is 9.18 Å². The summed E-state index contributed by atoms with van der Waals surface area (Å²) in [6, 6.07) is 13.9. The highest BCUT2D eigenvalue weighted by Gasteiger charge is 2.33. The van der Waals surface area contributed by atoms with Crippen molar-refractivity contribution in [3.05, 3.63) is 65.5 Å². The molecule has 4 heteroatoms. The molecule has 2 aromatic rings. The van der Waals surface area contributed by atoms with Gasteiger partial charge in [-0.1, -0.05) is 24.3 Å². The number of benzene rings is 2. The second-order valence-corrected chi connectivity index (χ2v) is 5.49. The molecule has 0 aromatic heterocycles. The molecule has 0 atom stereocenters. The summed E-state index contributed by atoms with van der Waals surface area (Å²) in [5.41, 5.74) is 1.12. The quantitative estimate of drug-likeness (QED) is 0.843. The molecule has 0 heterocycles.